The van der Waals surface area contributed by atoms with Gasteiger partial charge in [-0.05, 0) is 74.3 Å². The average molecular weight is 750 g/mol. The van der Waals surface area contributed by atoms with Gasteiger partial charge in [0.1, 0.15) is 35.8 Å². The number of piperidine rings is 1. The zero-order chi connectivity index (χ0) is 38.7. The van der Waals surface area contributed by atoms with E-state index in [4.69, 9.17) is 24.3 Å². The SMILES string of the molecule is C[C@@H]1CN(C(=O)OC(C)(C)C)CC[C@@H]1CN1CC=C(c2c(F)cc3c(-c4ccc(OCc5ccccc5)nc4OCc4ccccc4)nn(C)c3c2F)CC1. The predicted molar refractivity (Wildman–Crippen MR) is 210 cm³/mol. The van der Waals surface area contributed by atoms with Crippen LogP contribution in [0.25, 0.3) is 27.7 Å². The molecule has 1 fully saturated rings. The number of amides is 1. The van der Waals surface area contributed by atoms with E-state index < -0.39 is 17.2 Å². The summed E-state index contributed by atoms with van der Waals surface area (Å²) in [6.45, 7) is 11.8. The van der Waals surface area contributed by atoms with Crippen LogP contribution in [0.1, 0.15) is 57.2 Å². The molecule has 0 saturated carbocycles. The molecule has 0 N–H and O–H groups in total. The van der Waals surface area contributed by atoms with Gasteiger partial charge >= 0.3 is 6.09 Å². The Morgan fingerprint density at radius 2 is 1.62 bits per heavy atom. The molecular weight excluding hydrogens is 701 g/mol. The van der Waals surface area contributed by atoms with Gasteiger partial charge in [0.25, 0.3) is 0 Å². The Hall–Kier alpha value is -5.29. The van der Waals surface area contributed by atoms with Gasteiger partial charge in [-0.2, -0.15) is 10.1 Å². The number of aryl methyl sites for hydroxylation is 1. The number of carbonyl (C=O) groups is 1. The molecule has 0 bridgehead atoms. The van der Waals surface area contributed by atoms with Crippen molar-refractivity contribution in [1.29, 1.82) is 0 Å². The minimum Gasteiger partial charge on any atom is -0.473 e. The van der Waals surface area contributed by atoms with Gasteiger partial charge in [0.05, 0.1) is 11.1 Å². The van der Waals surface area contributed by atoms with E-state index in [9.17, 15) is 4.79 Å². The van der Waals surface area contributed by atoms with E-state index in [-0.39, 0.29) is 29.7 Å². The number of carbonyl (C=O) groups excluding carboxylic acids is 1. The lowest BCUT2D eigenvalue weighted by molar-refractivity contribution is 0.00920. The Morgan fingerprint density at radius 1 is 0.927 bits per heavy atom. The van der Waals surface area contributed by atoms with E-state index in [0.717, 1.165) is 24.1 Å². The zero-order valence-corrected chi connectivity index (χ0v) is 32.2. The third-order valence-corrected chi connectivity index (χ3v) is 10.4. The van der Waals surface area contributed by atoms with Gasteiger partial charge in [0.2, 0.25) is 11.8 Å². The van der Waals surface area contributed by atoms with E-state index in [2.05, 4.69) is 11.8 Å². The zero-order valence-electron chi connectivity index (χ0n) is 32.2. The molecule has 0 unspecified atom stereocenters. The van der Waals surface area contributed by atoms with Crippen molar-refractivity contribution in [3.8, 4) is 23.0 Å². The summed E-state index contributed by atoms with van der Waals surface area (Å²) in [6.07, 6.45) is 3.08. The number of likely N-dealkylation sites (tertiary alicyclic amines) is 1. The highest BCUT2D eigenvalue weighted by Crippen LogP contribution is 2.39. The molecule has 11 heteroatoms. The summed E-state index contributed by atoms with van der Waals surface area (Å²) < 4.78 is 52.0. The van der Waals surface area contributed by atoms with Gasteiger partial charge in [-0.15, -0.1) is 0 Å². The summed E-state index contributed by atoms with van der Waals surface area (Å²) in [5.41, 5.74) is 3.11. The fourth-order valence-corrected chi connectivity index (χ4v) is 7.50. The molecule has 4 heterocycles. The predicted octanol–water partition coefficient (Wildman–Crippen LogP) is 9.05. The van der Waals surface area contributed by atoms with Gasteiger partial charge < -0.3 is 19.1 Å². The van der Waals surface area contributed by atoms with Crippen molar-refractivity contribution in [1.82, 2.24) is 24.6 Å². The van der Waals surface area contributed by atoms with Crippen LogP contribution in [0.2, 0.25) is 0 Å². The lowest BCUT2D eigenvalue weighted by atomic mass is 9.86. The maximum Gasteiger partial charge on any atom is 0.410 e. The Morgan fingerprint density at radius 3 is 2.25 bits per heavy atom. The molecule has 1 amide bonds. The van der Waals surface area contributed by atoms with Crippen LogP contribution >= 0.6 is 0 Å². The third-order valence-electron chi connectivity index (χ3n) is 10.4. The number of fused-ring (bicyclic) bond motifs is 1. The number of nitrogens with zero attached hydrogens (tertiary/aromatic N) is 5. The maximum atomic E-state index is 16.6. The molecule has 1 saturated heterocycles. The monoisotopic (exact) mass is 749 g/mol. The lowest BCUT2D eigenvalue weighted by Crippen LogP contribution is -2.47. The van der Waals surface area contributed by atoms with Gasteiger partial charge in [0, 0.05) is 51.2 Å². The second kappa shape index (κ2) is 16.2. The molecular formula is C44H49F2N5O4. The van der Waals surface area contributed by atoms with Crippen molar-refractivity contribution in [2.45, 2.75) is 59.4 Å². The Balaban J connectivity index is 1.10. The number of benzene rings is 3. The molecule has 55 heavy (non-hydrogen) atoms. The average Bonchev–Trinajstić information content (AvgIpc) is 3.50. The molecule has 3 aromatic carbocycles. The fraction of sp³-hybridized carbons (Fsp3) is 0.386. The van der Waals surface area contributed by atoms with Crippen molar-refractivity contribution in [2.75, 3.05) is 32.7 Å². The van der Waals surface area contributed by atoms with Crippen LogP contribution in [0.3, 0.4) is 0 Å². The molecule has 0 radical (unpaired) electrons. The molecule has 2 atom stereocenters. The van der Waals surface area contributed by atoms with Crippen LogP contribution in [0.15, 0.2) is 84.9 Å². The van der Waals surface area contributed by atoms with E-state index in [1.165, 1.54) is 10.7 Å². The number of aromatic nitrogens is 3. The van der Waals surface area contributed by atoms with E-state index in [0.29, 0.717) is 79.1 Å². The van der Waals surface area contributed by atoms with Gasteiger partial charge in [-0.3, -0.25) is 9.58 Å². The van der Waals surface area contributed by atoms with Crippen LogP contribution in [0.5, 0.6) is 11.8 Å². The molecule has 288 valence electrons. The van der Waals surface area contributed by atoms with E-state index in [1.54, 1.807) is 24.1 Å². The first-order valence-electron chi connectivity index (χ1n) is 19.0. The van der Waals surface area contributed by atoms with Crippen molar-refractivity contribution in [3.05, 3.63) is 113 Å². The minimum atomic E-state index is -0.637. The van der Waals surface area contributed by atoms with Crippen LogP contribution in [-0.4, -0.2) is 69.0 Å². The maximum absolute atomic E-state index is 16.6. The molecule has 2 aliphatic rings. The number of ether oxygens (including phenoxy) is 3. The van der Waals surface area contributed by atoms with Crippen LogP contribution in [0, 0.1) is 23.5 Å². The normalized spacial score (nSPS) is 17.9. The van der Waals surface area contributed by atoms with E-state index >= 15 is 8.78 Å². The molecule has 7 rings (SSSR count). The van der Waals surface area contributed by atoms with Crippen LogP contribution < -0.4 is 9.47 Å². The summed E-state index contributed by atoms with van der Waals surface area (Å²) in [7, 11) is 1.66. The van der Waals surface area contributed by atoms with Crippen molar-refractivity contribution < 1.29 is 27.8 Å². The number of hydrogen-bond donors (Lipinski definition) is 0. The summed E-state index contributed by atoms with van der Waals surface area (Å²) >= 11 is 0. The first-order chi connectivity index (χ1) is 26.4. The molecule has 0 spiro atoms. The standard InChI is InChI=1S/C44H49F2N5O4/c1-29-25-51(43(52)55-44(2,3)4)23-20-33(29)26-50-21-18-32(19-22-50)38-36(45)24-35-40(48-49(5)41(35)39(38)46)34-16-17-37(53-27-30-12-8-6-9-13-30)47-42(34)54-28-31-14-10-7-11-15-31/h6-18,24,29,33H,19-23,25-28H2,1-5H3/t29-,33-/m1/s1. The van der Waals surface area contributed by atoms with Crippen molar-refractivity contribution in [3.63, 3.8) is 0 Å². The smallest absolute Gasteiger partial charge is 0.410 e. The Labute approximate surface area is 321 Å². The number of halogens is 2. The Kier molecular flexibility index (Phi) is 11.2. The molecule has 9 nitrogen and oxygen atoms in total. The highest BCUT2D eigenvalue weighted by atomic mass is 19.1. The minimum absolute atomic E-state index is 0.0101. The van der Waals surface area contributed by atoms with Crippen LogP contribution in [-0.2, 0) is 25.0 Å². The summed E-state index contributed by atoms with van der Waals surface area (Å²) in [4.78, 5) is 21.5. The molecule has 2 aromatic heterocycles. The first-order valence-corrected chi connectivity index (χ1v) is 19.0. The van der Waals surface area contributed by atoms with Crippen molar-refractivity contribution in [2.24, 2.45) is 18.9 Å². The lowest BCUT2D eigenvalue weighted by Gasteiger charge is -2.40. The molecule has 0 aliphatic carbocycles. The summed E-state index contributed by atoms with van der Waals surface area (Å²) in [5, 5.41) is 5.02. The van der Waals surface area contributed by atoms with Gasteiger partial charge in [-0.25, -0.2) is 13.6 Å². The topological polar surface area (TPSA) is 82.0 Å². The first kappa shape index (κ1) is 38.0. The van der Waals surface area contributed by atoms with Gasteiger partial charge in [0.15, 0.2) is 5.82 Å². The highest BCUT2D eigenvalue weighted by molar-refractivity contribution is 5.96. The summed E-state index contributed by atoms with van der Waals surface area (Å²) in [5.74, 6) is 0.0484. The highest BCUT2D eigenvalue weighted by Gasteiger charge is 2.33. The largest absolute Gasteiger partial charge is 0.473 e. The third kappa shape index (κ3) is 8.83. The van der Waals surface area contributed by atoms with Crippen LogP contribution in [0.4, 0.5) is 13.6 Å². The number of pyridine rings is 1. The second-order valence-corrected chi connectivity index (χ2v) is 15.7. The van der Waals surface area contributed by atoms with Gasteiger partial charge in [-0.1, -0.05) is 73.7 Å². The fourth-order valence-electron chi connectivity index (χ4n) is 7.50. The quantitative estimate of drug-likeness (QED) is 0.141. The van der Waals surface area contributed by atoms with E-state index in [1.807, 2.05) is 87.5 Å². The molecule has 5 aromatic rings. The number of hydrogen-bond acceptors (Lipinski definition) is 7. The Bertz CT molecular complexity index is 2170. The van der Waals surface area contributed by atoms with Crippen molar-refractivity contribution >= 4 is 22.6 Å². The molecule has 2 aliphatic heterocycles. The second-order valence-electron chi connectivity index (χ2n) is 15.7. The number of rotatable bonds is 10. The summed E-state index contributed by atoms with van der Waals surface area (Å²) in [6, 6.07) is 24.4.